The van der Waals surface area contributed by atoms with Crippen LogP contribution in [0.2, 0.25) is 5.02 Å². The van der Waals surface area contributed by atoms with E-state index in [-0.39, 0.29) is 5.56 Å². The first-order valence-corrected chi connectivity index (χ1v) is 6.86. The highest BCUT2D eigenvalue weighted by atomic mass is 35.5. The van der Waals surface area contributed by atoms with Crippen molar-refractivity contribution >= 4 is 23.3 Å². The van der Waals surface area contributed by atoms with Crippen LogP contribution in [-0.4, -0.2) is 23.5 Å². The number of ether oxygens (including phenoxy) is 1. The molecule has 2 rings (SSSR count). The second-order valence-electron chi connectivity index (χ2n) is 5.74. The molecular weight excluding hydrogens is 321 g/mol. The largest absolute Gasteiger partial charge is 0.506 e. The van der Waals surface area contributed by atoms with Crippen LogP contribution in [0.25, 0.3) is 5.57 Å². The molecule has 0 aromatic heterocycles. The Morgan fingerprint density at radius 1 is 1.32 bits per heavy atom. The minimum atomic E-state index is -4.56. The van der Waals surface area contributed by atoms with Crippen molar-refractivity contribution in [3.05, 3.63) is 40.9 Å². The fourth-order valence-corrected chi connectivity index (χ4v) is 2.55. The minimum Gasteiger partial charge on any atom is -0.450 e. The maximum atomic E-state index is 13.3. The smallest absolute Gasteiger partial charge is 0.450 e. The molecule has 7 heteroatoms. The summed E-state index contributed by atoms with van der Waals surface area (Å²) in [6.07, 6.45) is -5.79. The summed E-state index contributed by atoms with van der Waals surface area (Å²) in [6, 6.07) is 5.31. The van der Waals surface area contributed by atoms with Crippen molar-refractivity contribution in [1.29, 1.82) is 0 Å². The molecule has 22 heavy (non-hydrogen) atoms. The second-order valence-corrected chi connectivity index (χ2v) is 6.17. The Bertz CT molecular complexity index is 605. The lowest BCUT2D eigenvalue weighted by Crippen LogP contribution is -2.12. The van der Waals surface area contributed by atoms with Gasteiger partial charge in [-0.05, 0) is 17.7 Å². The Kier molecular flexibility index (Phi) is 4.17. The van der Waals surface area contributed by atoms with Gasteiger partial charge in [-0.15, -0.1) is 0 Å². The minimum absolute atomic E-state index is 0.0197. The van der Waals surface area contributed by atoms with Crippen LogP contribution in [0.1, 0.15) is 19.4 Å². The molecule has 0 aliphatic heterocycles. The van der Waals surface area contributed by atoms with Crippen molar-refractivity contribution in [2.24, 2.45) is 11.3 Å². The third-order valence-corrected chi connectivity index (χ3v) is 4.10. The van der Waals surface area contributed by atoms with Crippen molar-refractivity contribution in [3.8, 4) is 0 Å². The Labute approximate surface area is 130 Å². The monoisotopic (exact) mass is 334 g/mol. The second kappa shape index (κ2) is 5.50. The fraction of sp³-hybridized carbons (Fsp3) is 0.400. The highest BCUT2D eigenvalue weighted by Gasteiger charge is 2.60. The van der Waals surface area contributed by atoms with E-state index in [1.54, 1.807) is 13.8 Å². The van der Waals surface area contributed by atoms with Gasteiger partial charge in [-0.3, -0.25) is 0 Å². The molecule has 1 aliphatic carbocycles. The Hall–Kier alpha value is -1.69. The molecule has 3 nitrogen and oxygen atoms in total. The first-order chi connectivity index (χ1) is 10.0. The zero-order valence-electron chi connectivity index (χ0n) is 11.8. The van der Waals surface area contributed by atoms with E-state index >= 15 is 0 Å². The van der Waals surface area contributed by atoms with E-state index in [1.165, 1.54) is 24.3 Å². The van der Waals surface area contributed by atoms with Crippen molar-refractivity contribution in [2.45, 2.75) is 26.1 Å². The van der Waals surface area contributed by atoms with E-state index in [0.717, 1.165) is 6.08 Å². The molecule has 1 fully saturated rings. The zero-order chi connectivity index (χ0) is 16.7. The summed E-state index contributed by atoms with van der Waals surface area (Å²) in [5.41, 5.74) is -1.51. The molecule has 0 amide bonds. The molecule has 0 saturated heterocycles. The van der Waals surface area contributed by atoms with Crippen molar-refractivity contribution in [1.82, 2.24) is 0 Å². The van der Waals surface area contributed by atoms with Gasteiger partial charge in [0, 0.05) is 16.4 Å². The van der Waals surface area contributed by atoms with Gasteiger partial charge in [-0.2, -0.15) is 13.2 Å². The summed E-state index contributed by atoms with van der Waals surface area (Å²) >= 11 is 5.69. The molecule has 0 spiro atoms. The van der Waals surface area contributed by atoms with Gasteiger partial charge >= 0.3 is 12.3 Å². The molecule has 0 bridgehead atoms. The third-order valence-electron chi connectivity index (χ3n) is 3.84. The summed E-state index contributed by atoms with van der Waals surface area (Å²) in [7, 11) is 0. The lowest BCUT2D eigenvalue weighted by atomic mass is 10.0. The van der Waals surface area contributed by atoms with E-state index in [0.29, 0.717) is 5.02 Å². The van der Waals surface area contributed by atoms with Crippen LogP contribution in [0, 0.1) is 11.3 Å². The lowest BCUT2D eigenvalue weighted by molar-refractivity contribution is -0.0691. The summed E-state index contributed by atoms with van der Waals surface area (Å²) < 4.78 is 44.5. The lowest BCUT2D eigenvalue weighted by Gasteiger charge is -2.12. The van der Waals surface area contributed by atoms with Crippen LogP contribution in [0.3, 0.4) is 0 Å². The fourth-order valence-electron chi connectivity index (χ4n) is 2.43. The standard InChI is InChI=1S/C15H14ClF3O3/c1-14(2)11(12(14)22-13(20)21)7-10(15(17,18)19)8-3-5-9(16)6-4-8/h3-7,11-12H,1-2H3,(H,20,21). The van der Waals surface area contributed by atoms with Gasteiger partial charge in [0.2, 0.25) is 0 Å². The number of halogens is 4. The van der Waals surface area contributed by atoms with Crippen LogP contribution in [0.15, 0.2) is 30.3 Å². The first kappa shape index (κ1) is 16.7. The highest BCUT2D eigenvalue weighted by molar-refractivity contribution is 6.30. The quantitative estimate of drug-likeness (QED) is 0.791. The number of alkyl halides is 3. The van der Waals surface area contributed by atoms with Gasteiger partial charge in [0.05, 0.1) is 5.57 Å². The summed E-state index contributed by atoms with van der Waals surface area (Å²) in [5.74, 6) is -0.629. The maximum Gasteiger partial charge on any atom is 0.506 e. The molecule has 1 N–H and O–H groups in total. The number of rotatable bonds is 3. The number of carboxylic acid groups (broad SMARTS) is 1. The van der Waals surface area contributed by atoms with Crippen LogP contribution in [-0.2, 0) is 4.74 Å². The molecule has 1 aliphatic rings. The normalized spacial score (nSPS) is 24.0. The average Bonchev–Trinajstić information content (AvgIpc) is 2.86. The molecule has 1 aromatic carbocycles. The van der Waals surface area contributed by atoms with Gasteiger partial charge < -0.3 is 9.84 Å². The molecule has 1 saturated carbocycles. The Morgan fingerprint density at radius 2 is 1.86 bits per heavy atom. The average molecular weight is 335 g/mol. The molecule has 0 heterocycles. The first-order valence-electron chi connectivity index (χ1n) is 6.48. The molecular formula is C15H14ClF3O3. The van der Waals surface area contributed by atoms with E-state index in [4.69, 9.17) is 16.7 Å². The van der Waals surface area contributed by atoms with Crippen LogP contribution >= 0.6 is 11.6 Å². The van der Waals surface area contributed by atoms with Crippen molar-refractivity contribution < 1.29 is 27.8 Å². The predicted octanol–water partition coefficient (Wildman–Crippen LogP) is 5.00. The number of hydrogen-bond acceptors (Lipinski definition) is 2. The SMILES string of the molecule is CC1(C)C(C=C(c2ccc(Cl)cc2)C(F)(F)F)C1OC(=O)O. The Morgan fingerprint density at radius 3 is 2.32 bits per heavy atom. The van der Waals surface area contributed by atoms with E-state index in [2.05, 4.69) is 4.74 Å². The van der Waals surface area contributed by atoms with Crippen LogP contribution in [0.4, 0.5) is 18.0 Å². The number of benzene rings is 1. The molecule has 120 valence electrons. The molecule has 0 radical (unpaired) electrons. The van der Waals surface area contributed by atoms with E-state index in [1.807, 2.05) is 0 Å². The topological polar surface area (TPSA) is 46.5 Å². The van der Waals surface area contributed by atoms with Gasteiger partial charge in [0.15, 0.2) is 0 Å². The molecule has 2 atom stereocenters. The summed E-state index contributed by atoms with van der Waals surface area (Å²) in [4.78, 5) is 10.6. The number of carbonyl (C=O) groups is 1. The van der Waals surface area contributed by atoms with Crippen LogP contribution in [0.5, 0.6) is 0 Å². The predicted molar refractivity (Wildman–Crippen MR) is 75.7 cm³/mol. The van der Waals surface area contributed by atoms with E-state index in [9.17, 15) is 18.0 Å². The van der Waals surface area contributed by atoms with E-state index < -0.39 is 35.3 Å². The zero-order valence-corrected chi connectivity index (χ0v) is 12.6. The molecule has 1 aromatic rings. The van der Waals surface area contributed by atoms with Crippen molar-refractivity contribution in [3.63, 3.8) is 0 Å². The van der Waals surface area contributed by atoms with Gasteiger partial charge in [0.1, 0.15) is 6.10 Å². The van der Waals surface area contributed by atoms with Crippen molar-refractivity contribution in [2.75, 3.05) is 0 Å². The number of allylic oxidation sites excluding steroid dienone is 1. The van der Waals surface area contributed by atoms with Crippen LogP contribution < -0.4 is 0 Å². The summed E-state index contributed by atoms with van der Waals surface area (Å²) in [5, 5.41) is 8.97. The summed E-state index contributed by atoms with van der Waals surface area (Å²) in [6.45, 7) is 3.33. The third kappa shape index (κ3) is 3.38. The number of hydrogen-bond donors (Lipinski definition) is 1. The maximum absolute atomic E-state index is 13.3. The van der Waals surface area contributed by atoms with Gasteiger partial charge in [0.25, 0.3) is 0 Å². The highest BCUT2D eigenvalue weighted by Crippen LogP contribution is 2.56. The molecule has 2 unspecified atom stereocenters. The van der Waals surface area contributed by atoms with Gasteiger partial charge in [-0.1, -0.05) is 43.7 Å². The van der Waals surface area contributed by atoms with Gasteiger partial charge in [-0.25, -0.2) is 4.79 Å². The Balaban J connectivity index is 2.35.